The SMILES string of the molecule is CC(C)NC1=CC=C(c2cccc(N)c2)C(CC(=O)NCc2ccc(C(=N)N)cc2)C1F. The average Bonchev–Trinajstić information content (AvgIpc) is 2.75. The topological polar surface area (TPSA) is 117 Å². The summed E-state index contributed by atoms with van der Waals surface area (Å²) in [6.45, 7) is 4.21. The highest BCUT2D eigenvalue weighted by atomic mass is 19.1. The third-order valence-corrected chi connectivity index (χ3v) is 5.33. The lowest BCUT2D eigenvalue weighted by molar-refractivity contribution is -0.122. The second-order valence-corrected chi connectivity index (χ2v) is 8.27. The van der Waals surface area contributed by atoms with Gasteiger partial charge in [0.2, 0.25) is 5.91 Å². The lowest BCUT2D eigenvalue weighted by Crippen LogP contribution is -2.36. The molecule has 2 atom stereocenters. The summed E-state index contributed by atoms with van der Waals surface area (Å²) < 4.78 is 15.5. The molecule has 7 heteroatoms. The Kier molecular flexibility index (Phi) is 7.30. The predicted octanol–water partition coefficient (Wildman–Crippen LogP) is 3.49. The third kappa shape index (κ3) is 5.75. The highest BCUT2D eigenvalue weighted by Gasteiger charge is 2.33. The van der Waals surface area contributed by atoms with Gasteiger partial charge in [-0.05, 0) is 48.8 Å². The van der Waals surface area contributed by atoms with Gasteiger partial charge in [-0.1, -0.05) is 42.5 Å². The van der Waals surface area contributed by atoms with E-state index < -0.39 is 12.1 Å². The zero-order valence-electron chi connectivity index (χ0n) is 18.4. The van der Waals surface area contributed by atoms with E-state index in [9.17, 15) is 4.79 Å². The molecule has 6 nitrogen and oxygen atoms in total. The van der Waals surface area contributed by atoms with E-state index in [-0.39, 0.29) is 24.2 Å². The largest absolute Gasteiger partial charge is 0.399 e. The van der Waals surface area contributed by atoms with Crippen LogP contribution in [0.2, 0.25) is 0 Å². The molecular weight excluding hydrogens is 405 g/mol. The number of amidine groups is 1. The Morgan fingerprint density at radius 3 is 2.50 bits per heavy atom. The summed E-state index contributed by atoms with van der Waals surface area (Å²) in [4.78, 5) is 12.8. The van der Waals surface area contributed by atoms with Crippen LogP contribution in [0.3, 0.4) is 0 Å². The molecule has 0 bridgehead atoms. The van der Waals surface area contributed by atoms with Crippen LogP contribution < -0.4 is 22.1 Å². The van der Waals surface area contributed by atoms with Crippen LogP contribution >= 0.6 is 0 Å². The van der Waals surface area contributed by atoms with E-state index in [1.54, 1.807) is 42.5 Å². The molecule has 1 amide bonds. The molecule has 1 aliphatic rings. The van der Waals surface area contributed by atoms with E-state index in [1.165, 1.54) is 0 Å². The van der Waals surface area contributed by atoms with E-state index in [0.717, 1.165) is 16.7 Å². The molecule has 1 aliphatic carbocycles. The number of hydrogen-bond acceptors (Lipinski definition) is 4. The van der Waals surface area contributed by atoms with Crippen molar-refractivity contribution in [3.05, 3.63) is 83.1 Å². The van der Waals surface area contributed by atoms with Crippen LogP contribution in [-0.4, -0.2) is 24.0 Å². The van der Waals surface area contributed by atoms with Gasteiger partial charge >= 0.3 is 0 Å². The lowest BCUT2D eigenvalue weighted by atomic mass is 9.81. The van der Waals surface area contributed by atoms with Crippen molar-refractivity contribution in [2.75, 3.05) is 5.73 Å². The van der Waals surface area contributed by atoms with E-state index in [0.29, 0.717) is 23.5 Å². The molecule has 0 saturated carbocycles. The van der Waals surface area contributed by atoms with Crippen molar-refractivity contribution in [1.29, 1.82) is 5.41 Å². The quantitative estimate of drug-likeness (QED) is 0.248. The summed E-state index contributed by atoms with van der Waals surface area (Å²) >= 11 is 0. The first-order valence-electron chi connectivity index (χ1n) is 10.6. The molecule has 0 spiro atoms. The third-order valence-electron chi connectivity index (χ3n) is 5.33. The highest BCUT2D eigenvalue weighted by molar-refractivity contribution is 5.94. The molecule has 3 rings (SSSR count). The summed E-state index contributed by atoms with van der Waals surface area (Å²) in [6.07, 6.45) is 2.28. The monoisotopic (exact) mass is 435 g/mol. The van der Waals surface area contributed by atoms with Crippen molar-refractivity contribution >= 4 is 23.0 Å². The Hall–Kier alpha value is -3.61. The van der Waals surface area contributed by atoms with Crippen LogP contribution in [0.4, 0.5) is 10.1 Å². The van der Waals surface area contributed by atoms with Crippen LogP contribution in [0.15, 0.2) is 66.4 Å². The number of nitrogens with two attached hydrogens (primary N) is 2. The Balaban J connectivity index is 1.74. The van der Waals surface area contributed by atoms with Gasteiger partial charge in [0.05, 0.1) is 0 Å². The van der Waals surface area contributed by atoms with E-state index in [1.807, 2.05) is 32.1 Å². The van der Waals surface area contributed by atoms with E-state index in [2.05, 4.69) is 10.6 Å². The first kappa shape index (κ1) is 23.1. The van der Waals surface area contributed by atoms with Crippen LogP contribution in [-0.2, 0) is 11.3 Å². The fourth-order valence-corrected chi connectivity index (χ4v) is 3.75. The molecule has 7 N–H and O–H groups in total. The molecule has 32 heavy (non-hydrogen) atoms. The molecule has 0 radical (unpaired) electrons. The number of nitrogen functional groups attached to an aromatic ring is 2. The molecule has 168 valence electrons. The van der Waals surface area contributed by atoms with Gasteiger partial charge in [-0.3, -0.25) is 10.2 Å². The smallest absolute Gasteiger partial charge is 0.221 e. The van der Waals surface area contributed by atoms with Gasteiger partial charge < -0.3 is 22.1 Å². The number of halogens is 1. The molecule has 0 aromatic heterocycles. The maximum Gasteiger partial charge on any atom is 0.221 e. The van der Waals surface area contributed by atoms with Gasteiger partial charge in [-0.25, -0.2) is 4.39 Å². The summed E-state index contributed by atoms with van der Waals surface area (Å²) in [5, 5.41) is 13.5. The summed E-state index contributed by atoms with van der Waals surface area (Å²) in [7, 11) is 0. The molecule has 0 fully saturated rings. The van der Waals surface area contributed by atoms with Crippen molar-refractivity contribution in [2.24, 2.45) is 11.7 Å². The van der Waals surface area contributed by atoms with Crippen molar-refractivity contribution in [1.82, 2.24) is 10.6 Å². The van der Waals surface area contributed by atoms with Gasteiger partial charge in [-0.2, -0.15) is 0 Å². The van der Waals surface area contributed by atoms with E-state index in [4.69, 9.17) is 16.9 Å². The van der Waals surface area contributed by atoms with E-state index >= 15 is 4.39 Å². The van der Waals surface area contributed by atoms with Crippen molar-refractivity contribution < 1.29 is 9.18 Å². The van der Waals surface area contributed by atoms with Gasteiger partial charge in [0, 0.05) is 41.9 Å². The normalized spacial score (nSPS) is 18.0. The maximum atomic E-state index is 15.5. The number of carbonyl (C=O) groups excluding carboxylic acids is 1. The molecule has 2 unspecified atom stereocenters. The van der Waals surface area contributed by atoms with Crippen LogP contribution in [0.25, 0.3) is 5.57 Å². The Morgan fingerprint density at radius 1 is 1.16 bits per heavy atom. The minimum atomic E-state index is -1.33. The van der Waals surface area contributed by atoms with Crippen LogP contribution in [0.5, 0.6) is 0 Å². The number of alkyl halides is 1. The fourth-order valence-electron chi connectivity index (χ4n) is 3.75. The second kappa shape index (κ2) is 10.1. The first-order chi connectivity index (χ1) is 15.2. The van der Waals surface area contributed by atoms with Crippen molar-refractivity contribution in [2.45, 2.75) is 39.0 Å². The fraction of sp³-hybridized carbons (Fsp3) is 0.280. The predicted molar refractivity (Wildman–Crippen MR) is 127 cm³/mol. The minimum absolute atomic E-state index is 0.00441. The Labute approximate surface area is 188 Å². The zero-order chi connectivity index (χ0) is 23.3. The van der Waals surface area contributed by atoms with Crippen molar-refractivity contribution in [3.63, 3.8) is 0 Å². The lowest BCUT2D eigenvalue weighted by Gasteiger charge is -2.30. The van der Waals surface area contributed by atoms with Gasteiger partial charge in [0.15, 0.2) is 0 Å². The standard InChI is InChI=1S/C25H30FN5O/c1-15(2)31-22-11-10-20(18-4-3-5-19(27)12-18)21(24(22)26)13-23(32)30-14-16-6-8-17(9-7-16)25(28)29/h3-12,15,21,24,31H,13-14,27H2,1-2H3,(H3,28,29)(H,30,32). The van der Waals surface area contributed by atoms with Gasteiger partial charge in [-0.15, -0.1) is 0 Å². The zero-order valence-corrected chi connectivity index (χ0v) is 18.4. The van der Waals surface area contributed by atoms with Crippen LogP contribution in [0.1, 0.15) is 37.0 Å². The maximum absolute atomic E-state index is 15.5. The molecule has 0 heterocycles. The molecule has 0 aliphatic heterocycles. The number of benzene rings is 2. The summed E-state index contributed by atoms with van der Waals surface area (Å²) in [6, 6.07) is 14.4. The number of anilines is 1. The van der Waals surface area contributed by atoms with Crippen molar-refractivity contribution in [3.8, 4) is 0 Å². The van der Waals surface area contributed by atoms with Crippen LogP contribution in [0, 0.1) is 11.3 Å². The molecule has 2 aromatic rings. The summed E-state index contributed by atoms with van der Waals surface area (Å²) in [5.74, 6) is -0.886. The minimum Gasteiger partial charge on any atom is -0.399 e. The number of amides is 1. The molecular formula is C25H30FN5O. The number of hydrogen-bond donors (Lipinski definition) is 5. The highest BCUT2D eigenvalue weighted by Crippen LogP contribution is 2.37. The Morgan fingerprint density at radius 2 is 1.88 bits per heavy atom. The second-order valence-electron chi connectivity index (χ2n) is 8.27. The Bertz CT molecular complexity index is 1040. The van der Waals surface area contributed by atoms with Gasteiger partial charge in [0.25, 0.3) is 0 Å². The average molecular weight is 436 g/mol. The number of carbonyl (C=O) groups is 1. The molecule has 2 aromatic carbocycles. The first-order valence-corrected chi connectivity index (χ1v) is 10.6. The molecule has 0 saturated heterocycles. The number of nitrogens with one attached hydrogen (secondary N) is 3. The number of rotatable bonds is 8. The number of allylic oxidation sites excluding steroid dienone is 4. The van der Waals surface area contributed by atoms with Gasteiger partial charge in [0.1, 0.15) is 12.0 Å². The summed E-state index contributed by atoms with van der Waals surface area (Å²) in [5.41, 5.74) is 15.5.